The summed E-state index contributed by atoms with van der Waals surface area (Å²) >= 11 is 0. The molecule has 1 heterocycles. The van der Waals surface area contributed by atoms with Crippen molar-refractivity contribution >= 4 is 12.0 Å². The Morgan fingerprint density at radius 3 is 2.60 bits per heavy atom. The van der Waals surface area contributed by atoms with Crippen LogP contribution < -0.4 is 10.6 Å². The van der Waals surface area contributed by atoms with E-state index in [-0.39, 0.29) is 12.6 Å². The summed E-state index contributed by atoms with van der Waals surface area (Å²) in [6.07, 6.45) is 4.56. The Morgan fingerprint density at radius 1 is 1.30 bits per heavy atom. The maximum absolute atomic E-state index is 11.8. The van der Waals surface area contributed by atoms with Gasteiger partial charge in [0.15, 0.2) is 0 Å². The molecule has 0 spiro atoms. The molecule has 1 unspecified atom stereocenters. The zero-order valence-electron chi connectivity index (χ0n) is 12.2. The first-order chi connectivity index (χ1) is 9.57. The number of nitrogens with zero attached hydrogens (tertiary/aromatic N) is 1. The molecule has 3 N–H and O–H groups in total. The number of hydrogen-bond donors (Lipinski definition) is 3. The van der Waals surface area contributed by atoms with Gasteiger partial charge in [-0.15, -0.1) is 0 Å². The van der Waals surface area contributed by atoms with Gasteiger partial charge in [0.25, 0.3) is 0 Å². The highest BCUT2D eigenvalue weighted by atomic mass is 16.4. The first-order valence-corrected chi connectivity index (χ1v) is 7.56. The largest absolute Gasteiger partial charge is 0.481 e. The molecule has 0 aromatic rings. The summed E-state index contributed by atoms with van der Waals surface area (Å²) in [5, 5.41) is 14.8. The van der Waals surface area contributed by atoms with Crippen LogP contribution in [0.25, 0.3) is 0 Å². The average molecular weight is 283 g/mol. The molecule has 0 aromatic carbocycles. The van der Waals surface area contributed by atoms with E-state index in [4.69, 9.17) is 0 Å². The topological polar surface area (TPSA) is 81.7 Å². The van der Waals surface area contributed by atoms with E-state index in [0.29, 0.717) is 25.4 Å². The summed E-state index contributed by atoms with van der Waals surface area (Å²) in [6, 6.07) is 0.170. The van der Waals surface area contributed by atoms with E-state index >= 15 is 0 Å². The summed E-state index contributed by atoms with van der Waals surface area (Å²) in [4.78, 5) is 25.3. The Kier molecular flexibility index (Phi) is 4.86. The molecule has 1 aliphatic carbocycles. The van der Waals surface area contributed by atoms with Crippen LogP contribution in [0, 0.1) is 5.41 Å². The summed E-state index contributed by atoms with van der Waals surface area (Å²) < 4.78 is 0. The minimum absolute atomic E-state index is 0.232. The molecular formula is C14H25N3O3. The van der Waals surface area contributed by atoms with Gasteiger partial charge in [-0.1, -0.05) is 13.3 Å². The van der Waals surface area contributed by atoms with E-state index < -0.39 is 11.4 Å². The van der Waals surface area contributed by atoms with Crippen molar-refractivity contribution in [2.75, 3.05) is 26.2 Å². The number of aliphatic carboxylic acids is 1. The van der Waals surface area contributed by atoms with Crippen LogP contribution in [0.2, 0.25) is 0 Å². The van der Waals surface area contributed by atoms with Gasteiger partial charge in [-0.2, -0.15) is 0 Å². The molecule has 2 rings (SSSR count). The van der Waals surface area contributed by atoms with Crippen molar-refractivity contribution in [2.24, 2.45) is 5.41 Å². The van der Waals surface area contributed by atoms with E-state index in [2.05, 4.69) is 22.5 Å². The molecule has 2 amide bonds. The number of nitrogens with one attached hydrogen (secondary N) is 2. The lowest BCUT2D eigenvalue weighted by Gasteiger charge is -2.37. The number of rotatable bonds is 6. The highest BCUT2D eigenvalue weighted by Gasteiger charge is 2.44. The van der Waals surface area contributed by atoms with Gasteiger partial charge in [0.05, 0.1) is 5.41 Å². The van der Waals surface area contributed by atoms with Crippen molar-refractivity contribution in [1.29, 1.82) is 0 Å². The Balaban J connectivity index is 1.69. The van der Waals surface area contributed by atoms with Gasteiger partial charge in [-0.25, -0.2) is 4.79 Å². The molecule has 1 saturated heterocycles. The number of carboxylic acid groups (broad SMARTS) is 1. The number of amides is 2. The molecule has 0 radical (unpaired) electrons. The van der Waals surface area contributed by atoms with Gasteiger partial charge >= 0.3 is 12.0 Å². The van der Waals surface area contributed by atoms with Crippen LogP contribution in [0.5, 0.6) is 0 Å². The van der Waals surface area contributed by atoms with Crippen LogP contribution in [-0.2, 0) is 4.79 Å². The maximum atomic E-state index is 11.8. The number of hydrogen-bond acceptors (Lipinski definition) is 3. The van der Waals surface area contributed by atoms with Crippen molar-refractivity contribution in [2.45, 2.75) is 45.1 Å². The SMILES string of the molecule is CCN1CCCC1CNC(=O)NCC1(C(=O)O)CCC1. The fourth-order valence-electron chi connectivity index (χ4n) is 3.13. The lowest BCUT2D eigenvalue weighted by Crippen LogP contribution is -2.51. The third-order valence-electron chi connectivity index (χ3n) is 4.76. The van der Waals surface area contributed by atoms with Crippen LogP contribution in [0.4, 0.5) is 4.79 Å². The van der Waals surface area contributed by atoms with Crippen LogP contribution in [0.15, 0.2) is 0 Å². The molecule has 0 bridgehead atoms. The van der Waals surface area contributed by atoms with E-state index in [1.165, 1.54) is 6.42 Å². The minimum Gasteiger partial charge on any atom is -0.481 e. The third kappa shape index (κ3) is 3.23. The standard InChI is InChI=1S/C14H25N3O3/c1-2-17-8-3-5-11(17)9-15-13(20)16-10-14(12(18)19)6-4-7-14/h11H,2-10H2,1H3,(H,18,19)(H2,15,16,20). The number of likely N-dealkylation sites (N-methyl/N-ethyl adjacent to an activating group) is 1. The molecule has 1 saturated carbocycles. The summed E-state index contributed by atoms with van der Waals surface area (Å²) in [6.45, 7) is 5.12. The minimum atomic E-state index is -0.794. The molecule has 0 aromatic heterocycles. The molecular weight excluding hydrogens is 258 g/mol. The second kappa shape index (κ2) is 6.43. The number of urea groups is 1. The Morgan fingerprint density at radius 2 is 2.05 bits per heavy atom. The zero-order valence-corrected chi connectivity index (χ0v) is 12.2. The average Bonchev–Trinajstić information content (AvgIpc) is 2.81. The Bertz CT molecular complexity index is 369. The summed E-state index contributed by atoms with van der Waals surface area (Å²) in [5.41, 5.74) is -0.722. The van der Waals surface area contributed by atoms with Crippen LogP contribution in [-0.4, -0.2) is 54.2 Å². The van der Waals surface area contributed by atoms with Crippen LogP contribution in [0.3, 0.4) is 0 Å². The maximum Gasteiger partial charge on any atom is 0.314 e. The predicted molar refractivity (Wildman–Crippen MR) is 75.6 cm³/mol. The van der Waals surface area contributed by atoms with Gasteiger partial charge < -0.3 is 15.7 Å². The van der Waals surface area contributed by atoms with E-state index in [0.717, 1.165) is 25.9 Å². The lowest BCUT2D eigenvalue weighted by molar-refractivity contribution is -0.153. The molecule has 2 aliphatic rings. The number of carbonyl (C=O) groups is 2. The van der Waals surface area contributed by atoms with E-state index in [9.17, 15) is 14.7 Å². The summed E-state index contributed by atoms with van der Waals surface area (Å²) in [7, 11) is 0. The number of carboxylic acids is 1. The van der Waals surface area contributed by atoms with E-state index in [1.54, 1.807) is 0 Å². The zero-order chi connectivity index (χ0) is 14.6. The predicted octanol–water partition coefficient (Wildman–Crippen LogP) is 1.02. The van der Waals surface area contributed by atoms with Gasteiger partial charge in [0.2, 0.25) is 0 Å². The quantitative estimate of drug-likeness (QED) is 0.680. The van der Waals surface area contributed by atoms with Gasteiger partial charge in [-0.3, -0.25) is 9.69 Å². The fourth-order valence-corrected chi connectivity index (χ4v) is 3.13. The number of carbonyl (C=O) groups excluding carboxylic acids is 1. The van der Waals surface area contributed by atoms with Gasteiger partial charge in [-0.05, 0) is 38.8 Å². The fraction of sp³-hybridized carbons (Fsp3) is 0.857. The molecule has 20 heavy (non-hydrogen) atoms. The molecule has 2 fully saturated rings. The first-order valence-electron chi connectivity index (χ1n) is 7.56. The van der Waals surface area contributed by atoms with Crippen LogP contribution in [0.1, 0.15) is 39.0 Å². The molecule has 6 nitrogen and oxygen atoms in total. The smallest absolute Gasteiger partial charge is 0.314 e. The second-order valence-corrected chi connectivity index (χ2v) is 5.93. The monoisotopic (exact) mass is 283 g/mol. The lowest BCUT2D eigenvalue weighted by atomic mass is 9.69. The second-order valence-electron chi connectivity index (χ2n) is 5.93. The normalized spacial score (nSPS) is 24.9. The van der Waals surface area contributed by atoms with Gasteiger partial charge in [0, 0.05) is 19.1 Å². The number of likely N-dealkylation sites (tertiary alicyclic amines) is 1. The molecule has 6 heteroatoms. The molecule has 114 valence electrons. The van der Waals surface area contributed by atoms with Crippen molar-refractivity contribution < 1.29 is 14.7 Å². The highest BCUT2D eigenvalue weighted by molar-refractivity contribution is 5.78. The Labute approximate surface area is 119 Å². The Hall–Kier alpha value is -1.30. The van der Waals surface area contributed by atoms with Crippen molar-refractivity contribution in [3.63, 3.8) is 0 Å². The first kappa shape index (κ1) is 15.1. The van der Waals surface area contributed by atoms with E-state index in [1.807, 2.05) is 0 Å². The van der Waals surface area contributed by atoms with Gasteiger partial charge in [0.1, 0.15) is 0 Å². The van der Waals surface area contributed by atoms with Crippen molar-refractivity contribution in [3.05, 3.63) is 0 Å². The van der Waals surface area contributed by atoms with Crippen LogP contribution >= 0.6 is 0 Å². The van der Waals surface area contributed by atoms with Crippen molar-refractivity contribution in [3.8, 4) is 0 Å². The summed E-state index contributed by atoms with van der Waals surface area (Å²) in [5.74, 6) is -0.794. The van der Waals surface area contributed by atoms with Crippen molar-refractivity contribution in [1.82, 2.24) is 15.5 Å². The molecule has 1 aliphatic heterocycles. The third-order valence-corrected chi connectivity index (χ3v) is 4.76. The highest BCUT2D eigenvalue weighted by Crippen LogP contribution is 2.40. The molecule has 1 atom stereocenters.